The molecule has 1 N–H and O–H groups in total. The maximum atomic E-state index is 13.4. The highest BCUT2D eigenvalue weighted by Gasteiger charge is 2.29. The molecule has 7 heteroatoms. The van der Waals surface area contributed by atoms with Gasteiger partial charge >= 0.3 is 12.1 Å². The Kier molecular flexibility index (Phi) is 4.74. The fraction of sp³-hybridized carbons (Fsp3) is 0.417. The molecule has 0 aromatic heterocycles. The minimum atomic E-state index is -4.54. The molecule has 0 bridgehead atoms. The summed E-state index contributed by atoms with van der Waals surface area (Å²) in [5, 5.41) is 8.70. The molecule has 1 aromatic carbocycles. The number of aliphatic carboxylic acids is 1. The Morgan fingerprint density at radius 3 is 2.53 bits per heavy atom. The van der Waals surface area contributed by atoms with Gasteiger partial charge in [0.2, 0.25) is 0 Å². The predicted octanol–water partition coefficient (Wildman–Crippen LogP) is 3.03. The van der Waals surface area contributed by atoms with Crippen LogP contribution in [-0.2, 0) is 11.2 Å². The molecule has 1 unspecified atom stereocenters. The first-order valence-corrected chi connectivity index (χ1v) is 5.40. The smallest absolute Gasteiger partial charge is 0.422 e. The van der Waals surface area contributed by atoms with Crippen LogP contribution in [0.1, 0.15) is 12.5 Å². The SMILES string of the molecule is CC(Cc1ccc(OCC(F)(F)F)c(F)c1)C(=O)O. The minimum Gasteiger partial charge on any atom is -0.481 e. The summed E-state index contributed by atoms with van der Waals surface area (Å²) in [6.07, 6.45) is -4.45. The van der Waals surface area contributed by atoms with Gasteiger partial charge < -0.3 is 9.84 Å². The van der Waals surface area contributed by atoms with Crippen LogP contribution in [-0.4, -0.2) is 23.9 Å². The zero-order valence-corrected chi connectivity index (χ0v) is 10.00. The lowest BCUT2D eigenvalue weighted by Crippen LogP contribution is -2.19. The van der Waals surface area contributed by atoms with Gasteiger partial charge in [0.1, 0.15) is 0 Å². The van der Waals surface area contributed by atoms with Crippen LogP contribution in [0.3, 0.4) is 0 Å². The van der Waals surface area contributed by atoms with Crippen molar-refractivity contribution in [3.8, 4) is 5.75 Å². The molecule has 0 aliphatic rings. The first-order chi connectivity index (χ1) is 8.69. The van der Waals surface area contributed by atoms with Crippen molar-refractivity contribution in [3.63, 3.8) is 0 Å². The lowest BCUT2D eigenvalue weighted by Gasteiger charge is -2.11. The predicted molar refractivity (Wildman–Crippen MR) is 58.5 cm³/mol. The van der Waals surface area contributed by atoms with E-state index in [1.54, 1.807) is 0 Å². The minimum absolute atomic E-state index is 0.0891. The van der Waals surface area contributed by atoms with Crippen molar-refractivity contribution in [3.05, 3.63) is 29.6 Å². The first kappa shape index (κ1) is 15.3. The lowest BCUT2D eigenvalue weighted by atomic mass is 10.0. The van der Waals surface area contributed by atoms with Crippen LogP contribution in [0.15, 0.2) is 18.2 Å². The van der Waals surface area contributed by atoms with Gasteiger partial charge in [-0.25, -0.2) is 4.39 Å². The number of hydrogen-bond acceptors (Lipinski definition) is 2. The number of halogens is 4. The number of carboxylic acid groups (broad SMARTS) is 1. The van der Waals surface area contributed by atoms with E-state index in [1.807, 2.05) is 0 Å². The van der Waals surface area contributed by atoms with Gasteiger partial charge in [-0.05, 0) is 24.1 Å². The average molecular weight is 280 g/mol. The number of hydrogen-bond donors (Lipinski definition) is 1. The molecule has 1 aromatic rings. The van der Waals surface area contributed by atoms with Crippen molar-refractivity contribution in [2.24, 2.45) is 5.92 Å². The molecule has 106 valence electrons. The highest BCUT2D eigenvalue weighted by Crippen LogP contribution is 2.23. The molecule has 3 nitrogen and oxygen atoms in total. The Hall–Kier alpha value is -1.79. The largest absolute Gasteiger partial charge is 0.481 e. The van der Waals surface area contributed by atoms with E-state index in [0.29, 0.717) is 5.56 Å². The Morgan fingerprint density at radius 2 is 2.05 bits per heavy atom. The molecule has 0 aliphatic heterocycles. The summed E-state index contributed by atoms with van der Waals surface area (Å²) in [5.74, 6) is -3.19. The molecular formula is C12H12F4O3. The lowest BCUT2D eigenvalue weighted by molar-refractivity contribution is -0.153. The quantitative estimate of drug-likeness (QED) is 0.843. The van der Waals surface area contributed by atoms with Crippen LogP contribution >= 0.6 is 0 Å². The summed E-state index contributed by atoms with van der Waals surface area (Å²) in [6.45, 7) is -0.122. The molecule has 0 aliphatic carbocycles. The van der Waals surface area contributed by atoms with E-state index in [9.17, 15) is 22.4 Å². The van der Waals surface area contributed by atoms with Gasteiger partial charge in [-0.15, -0.1) is 0 Å². The van der Waals surface area contributed by atoms with E-state index in [4.69, 9.17) is 5.11 Å². The van der Waals surface area contributed by atoms with Gasteiger partial charge in [-0.3, -0.25) is 4.79 Å². The van der Waals surface area contributed by atoms with Crippen LogP contribution in [0, 0.1) is 11.7 Å². The Labute approximate surface area is 106 Å². The highest BCUT2D eigenvalue weighted by molar-refractivity contribution is 5.69. The van der Waals surface area contributed by atoms with E-state index in [-0.39, 0.29) is 6.42 Å². The normalized spacial score (nSPS) is 13.1. The topological polar surface area (TPSA) is 46.5 Å². The fourth-order valence-electron chi connectivity index (χ4n) is 1.39. The molecule has 19 heavy (non-hydrogen) atoms. The second-order valence-electron chi connectivity index (χ2n) is 4.11. The van der Waals surface area contributed by atoms with Crippen LogP contribution in [0.5, 0.6) is 5.75 Å². The van der Waals surface area contributed by atoms with Crippen molar-refractivity contribution in [2.75, 3.05) is 6.61 Å². The molecule has 0 saturated heterocycles. The van der Waals surface area contributed by atoms with Gasteiger partial charge in [0.05, 0.1) is 5.92 Å². The van der Waals surface area contributed by atoms with Crippen LogP contribution in [0.4, 0.5) is 17.6 Å². The molecular weight excluding hydrogens is 268 g/mol. The van der Waals surface area contributed by atoms with Crippen molar-refractivity contribution >= 4 is 5.97 Å². The third-order valence-electron chi connectivity index (χ3n) is 2.35. The third kappa shape index (κ3) is 5.15. The monoisotopic (exact) mass is 280 g/mol. The first-order valence-electron chi connectivity index (χ1n) is 5.40. The maximum Gasteiger partial charge on any atom is 0.422 e. The van der Waals surface area contributed by atoms with Crippen LogP contribution < -0.4 is 4.74 Å². The molecule has 0 spiro atoms. The standard InChI is InChI=1S/C12H12F4O3/c1-7(11(17)18)4-8-2-3-10(9(13)5-8)19-6-12(14,15)16/h2-3,5,7H,4,6H2,1H3,(H,17,18). The van der Waals surface area contributed by atoms with E-state index in [0.717, 1.165) is 12.1 Å². The van der Waals surface area contributed by atoms with Crippen molar-refractivity contribution < 1.29 is 32.2 Å². The number of carboxylic acids is 1. The summed E-state index contributed by atoms with van der Waals surface area (Å²) in [4.78, 5) is 10.6. The molecule has 0 radical (unpaired) electrons. The van der Waals surface area contributed by atoms with Crippen LogP contribution in [0.2, 0.25) is 0 Å². The number of carbonyl (C=O) groups is 1. The van der Waals surface area contributed by atoms with Gasteiger partial charge in [-0.1, -0.05) is 13.0 Å². The fourth-order valence-corrected chi connectivity index (χ4v) is 1.39. The summed E-state index contributed by atoms with van der Waals surface area (Å²) in [5.41, 5.74) is 0.381. The zero-order chi connectivity index (χ0) is 14.6. The average Bonchev–Trinajstić information content (AvgIpc) is 2.26. The summed E-state index contributed by atoms with van der Waals surface area (Å²) < 4.78 is 53.4. The summed E-state index contributed by atoms with van der Waals surface area (Å²) in [7, 11) is 0. The second kappa shape index (κ2) is 5.90. The van der Waals surface area contributed by atoms with E-state index in [1.165, 1.54) is 13.0 Å². The molecule has 0 amide bonds. The zero-order valence-electron chi connectivity index (χ0n) is 10.00. The number of benzene rings is 1. The number of ether oxygens (including phenoxy) is 1. The summed E-state index contributed by atoms with van der Waals surface area (Å²) >= 11 is 0. The molecule has 0 fully saturated rings. The van der Waals surface area contributed by atoms with Gasteiger partial charge in [-0.2, -0.15) is 13.2 Å². The van der Waals surface area contributed by atoms with Crippen molar-refractivity contribution in [2.45, 2.75) is 19.5 Å². The highest BCUT2D eigenvalue weighted by atomic mass is 19.4. The molecule has 1 rings (SSSR count). The van der Waals surface area contributed by atoms with Crippen molar-refractivity contribution in [1.82, 2.24) is 0 Å². The third-order valence-corrected chi connectivity index (χ3v) is 2.35. The van der Waals surface area contributed by atoms with Gasteiger partial charge in [0, 0.05) is 0 Å². The van der Waals surface area contributed by atoms with E-state index in [2.05, 4.69) is 4.74 Å². The molecule has 1 atom stereocenters. The molecule has 0 saturated carbocycles. The maximum absolute atomic E-state index is 13.4. The Bertz CT molecular complexity index is 457. The van der Waals surface area contributed by atoms with E-state index < -0.39 is 36.2 Å². The molecule has 0 heterocycles. The van der Waals surface area contributed by atoms with E-state index >= 15 is 0 Å². The summed E-state index contributed by atoms with van der Waals surface area (Å²) in [6, 6.07) is 3.38. The Morgan fingerprint density at radius 1 is 1.42 bits per heavy atom. The number of alkyl halides is 3. The second-order valence-corrected chi connectivity index (χ2v) is 4.11. The van der Waals surface area contributed by atoms with Crippen LogP contribution in [0.25, 0.3) is 0 Å². The van der Waals surface area contributed by atoms with Gasteiger partial charge in [0.25, 0.3) is 0 Å². The van der Waals surface area contributed by atoms with Gasteiger partial charge in [0.15, 0.2) is 18.2 Å². The van der Waals surface area contributed by atoms with Crippen molar-refractivity contribution in [1.29, 1.82) is 0 Å². The Balaban J connectivity index is 2.72. The number of rotatable bonds is 5.